The van der Waals surface area contributed by atoms with Crippen molar-refractivity contribution in [2.45, 2.75) is 64.2 Å². The Morgan fingerprint density at radius 2 is 1.46 bits per heavy atom. The third-order valence-electron chi connectivity index (χ3n) is 7.26. The van der Waals surface area contributed by atoms with E-state index in [1.165, 1.54) is 62.5 Å². The Bertz CT molecular complexity index is 771. The van der Waals surface area contributed by atoms with Gasteiger partial charge < -0.3 is 0 Å². The molecule has 2 fully saturated rings. The van der Waals surface area contributed by atoms with Gasteiger partial charge in [-0.25, -0.2) is 4.39 Å². The predicted molar refractivity (Wildman–Crippen MR) is 117 cm³/mol. The van der Waals surface area contributed by atoms with Gasteiger partial charge in [-0.3, -0.25) is 0 Å². The largest absolute Gasteiger partial charge is 0.207 e. The smallest absolute Gasteiger partial charge is 0.123 e. The van der Waals surface area contributed by atoms with E-state index in [1.54, 1.807) is 12.1 Å². The van der Waals surface area contributed by atoms with E-state index >= 15 is 0 Å². The van der Waals surface area contributed by atoms with E-state index < -0.39 is 0 Å². The lowest BCUT2D eigenvalue weighted by Gasteiger charge is -2.42. The van der Waals surface area contributed by atoms with Gasteiger partial charge in [0.1, 0.15) is 5.82 Å². The highest BCUT2D eigenvalue weighted by molar-refractivity contribution is 5.63. The van der Waals surface area contributed by atoms with Crippen LogP contribution in [-0.4, -0.2) is 0 Å². The molecule has 4 rings (SSSR count). The molecule has 2 aromatic rings. The van der Waals surface area contributed by atoms with Gasteiger partial charge in [-0.1, -0.05) is 55.0 Å². The van der Waals surface area contributed by atoms with Crippen molar-refractivity contribution >= 4 is 0 Å². The summed E-state index contributed by atoms with van der Waals surface area (Å²) in [6, 6.07) is 15.9. The molecule has 0 radical (unpaired) electrons. The van der Waals surface area contributed by atoms with E-state index in [0.29, 0.717) is 0 Å². The van der Waals surface area contributed by atoms with E-state index in [9.17, 15) is 4.39 Å². The number of benzene rings is 2. The van der Waals surface area contributed by atoms with Gasteiger partial charge in [-0.15, -0.1) is 0 Å². The fourth-order valence-corrected chi connectivity index (χ4v) is 5.64. The fraction of sp³-hybridized carbons (Fsp3) is 0.481. The molecule has 148 valence electrons. The predicted octanol–water partition coefficient (Wildman–Crippen LogP) is 8.15. The topological polar surface area (TPSA) is 0 Å². The van der Waals surface area contributed by atoms with Gasteiger partial charge in [-0.2, -0.15) is 0 Å². The summed E-state index contributed by atoms with van der Waals surface area (Å²) in [5.74, 6) is 3.42. The summed E-state index contributed by atoms with van der Waals surface area (Å²) in [6.07, 6.45) is 15.7. The first kappa shape index (κ1) is 19.4. The summed E-state index contributed by atoms with van der Waals surface area (Å²) in [5.41, 5.74) is 3.77. The SMILES string of the molecule is C/C=C/CC[C@@H]1CC[C@@H]2CC(c3ccc(-c4ccc(F)cc4)cc3)CCC2C1. The molecule has 0 aromatic heterocycles. The Morgan fingerprint density at radius 1 is 0.821 bits per heavy atom. The zero-order valence-corrected chi connectivity index (χ0v) is 17.1. The first-order valence-corrected chi connectivity index (χ1v) is 11.2. The van der Waals surface area contributed by atoms with Gasteiger partial charge in [0, 0.05) is 0 Å². The first-order valence-electron chi connectivity index (χ1n) is 11.2. The molecular formula is C27H33F. The van der Waals surface area contributed by atoms with E-state index in [2.05, 4.69) is 43.3 Å². The molecule has 0 N–H and O–H groups in total. The molecule has 2 aromatic carbocycles. The van der Waals surface area contributed by atoms with Gasteiger partial charge >= 0.3 is 0 Å². The van der Waals surface area contributed by atoms with Crippen LogP contribution in [0.1, 0.15) is 69.8 Å². The number of halogens is 1. The van der Waals surface area contributed by atoms with Crippen LogP contribution in [0, 0.1) is 23.6 Å². The maximum Gasteiger partial charge on any atom is 0.123 e. The monoisotopic (exact) mass is 376 g/mol. The van der Waals surface area contributed by atoms with Crippen LogP contribution in [0.15, 0.2) is 60.7 Å². The highest BCUT2D eigenvalue weighted by Gasteiger charge is 2.35. The number of allylic oxidation sites excluding steroid dienone is 2. The van der Waals surface area contributed by atoms with Gasteiger partial charge in [0.25, 0.3) is 0 Å². The third kappa shape index (κ3) is 4.57. The number of fused-ring (bicyclic) bond motifs is 1. The average molecular weight is 377 g/mol. The summed E-state index contributed by atoms with van der Waals surface area (Å²) in [7, 11) is 0. The normalized spacial score (nSPS) is 27.6. The number of hydrogen-bond acceptors (Lipinski definition) is 0. The average Bonchev–Trinajstić information content (AvgIpc) is 2.74. The fourth-order valence-electron chi connectivity index (χ4n) is 5.64. The molecule has 28 heavy (non-hydrogen) atoms. The minimum Gasteiger partial charge on any atom is -0.207 e. The molecule has 0 aliphatic heterocycles. The summed E-state index contributed by atoms with van der Waals surface area (Å²) < 4.78 is 13.1. The Morgan fingerprint density at radius 3 is 2.18 bits per heavy atom. The van der Waals surface area contributed by atoms with E-state index in [-0.39, 0.29) is 5.82 Å². The van der Waals surface area contributed by atoms with Crippen molar-refractivity contribution in [2.75, 3.05) is 0 Å². The van der Waals surface area contributed by atoms with Crippen LogP contribution in [-0.2, 0) is 0 Å². The Labute approximate surface area is 169 Å². The maximum absolute atomic E-state index is 13.1. The third-order valence-corrected chi connectivity index (χ3v) is 7.26. The van der Waals surface area contributed by atoms with Crippen LogP contribution in [0.4, 0.5) is 4.39 Å². The molecule has 0 amide bonds. The molecule has 0 nitrogen and oxygen atoms in total. The van der Waals surface area contributed by atoms with Gasteiger partial charge in [0.2, 0.25) is 0 Å². The lowest BCUT2D eigenvalue weighted by Crippen LogP contribution is -2.30. The lowest BCUT2D eigenvalue weighted by molar-refractivity contribution is 0.115. The Balaban J connectivity index is 1.35. The van der Waals surface area contributed by atoms with Gasteiger partial charge in [-0.05, 0) is 104 Å². The van der Waals surface area contributed by atoms with Crippen molar-refractivity contribution < 1.29 is 4.39 Å². The summed E-state index contributed by atoms with van der Waals surface area (Å²) in [6.45, 7) is 2.13. The Hall–Kier alpha value is -1.89. The second-order valence-electron chi connectivity index (χ2n) is 8.98. The molecule has 0 saturated heterocycles. The van der Waals surface area contributed by atoms with Gasteiger partial charge in [0.15, 0.2) is 0 Å². The standard InChI is InChI=1S/C27H33F/c1-2-3-4-5-20-6-7-26-19-25(13-12-24(26)18-20)23-10-8-21(9-11-23)22-14-16-27(28)17-15-22/h2-3,8-11,14-17,20,24-26H,4-7,12-13,18-19H2,1H3/b3-2+/t20-,24?,25?,26-/m1/s1. The second-order valence-corrected chi connectivity index (χ2v) is 8.98. The van der Waals surface area contributed by atoms with Crippen LogP contribution in [0.25, 0.3) is 11.1 Å². The quantitative estimate of drug-likeness (QED) is 0.462. The van der Waals surface area contributed by atoms with Crippen molar-refractivity contribution in [1.29, 1.82) is 0 Å². The van der Waals surface area contributed by atoms with Crippen molar-refractivity contribution in [3.8, 4) is 11.1 Å². The minimum atomic E-state index is -0.173. The van der Waals surface area contributed by atoms with E-state index in [4.69, 9.17) is 0 Å². The zero-order valence-electron chi connectivity index (χ0n) is 17.1. The molecular weight excluding hydrogens is 343 g/mol. The highest BCUT2D eigenvalue weighted by atomic mass is 19.1. The summed E-state index contributed by atoms with van der Waals surface area (Å²) in [4.78, 5) is 0. The molecule has 2 saturated carbocycles. The van der Waals surface area contributed by atoms with Crippen molar-refractivity contribution in [3.63, 3.8) is 0 Å². The number of rotatable bonds is 5. The zero-order chi connectivity index (χ0) is 19.3. The molecule has 0 heterocycles. The molecule has 2 unspecified atom stereocenters. The Kier molecular flexibility index (Phi) is 6.29. The maximum atomic E-state index is 13.1. The minimum absolute atomic E-state index is 0.173. The number of hydrogen-bond donors (Lipinski definition) is 0. The lowest BCUT2D eigenvalue weighted by atomic mass is 9.63. The second kappa shape index (κ2) is 9.07. The van der Waals surface area contributed by atoms with Crippen LogP contribution < -0.4 is 0 Å². The highest BCUT2D eigenvalue weighted by Crippen LogP contribution is 2.48. The van der Waals surface area contributed by atoms with E-state index in [0.717, 1.165) is 29.2 Å². The molecule has 4 atom stereocenters. The van der Waals surface area contributed by atoms with Gasteiger partial charge in [0.05, 0.1) is 0 Å². The van der Waals surface area contributed by atoms with Crippen LogP contribution >= 0.6 is 0 Å². The first-order chi connectivity index (χ1) is 13.7. The van der Waals surface area contributed by atoms with E-state index in [1.807, 2.05) is 12.1 Å². The van der Waals surface area contributed by atoms with Crippen LogP contribution in [0.2, 0.25) is 0 Å². The molecule has 0 bridgehead atoms. The molecule has 2 aliphatic rings. The molecule has 0 spiro atoms. The van der Waals surface area contributed by atoms with Crippen molar-refractivity contribution in [3.05, 3.63) is 72.1 Å². The van der Waals surface area contributed by atoms with Crippen molar-refractivity contribution in [1.82, 2.24) is 0 Å². The molecule has 1 heteroatoms. The van der Waals surface area contributed by atoms with Crippen LogP contribution in [0.5, 0.6) is 0 Å². The van der Waals surface area contributed by atoms with Crippen molar-refractivity contribution in [2.24, 2.45) is 17.8 Å². The van der Waals surface area contributed by atoms with Crippen LogP contribution in [0.3, 0.4) is 0 Å². The summed E-state index contributed by atoms with van der Waals surface area (Å²) in [5, 5.41) is 0. The molecule has 2 aliphatic carbocycles. The summed E-state index contributed by atoms with van der Waals surface area (Å²) >= 11 is 0.